The molecule has 8 rings (SSSR count). The van der Waals surface area contributed by atoms with Gasteiger partial charge in [-0.1, -0.05) is 53.1 Å². The quantitative estimate of drug-likeness (QED) is 0.0942. The Bertz CT molecular complexity index is 2350. The van der Waals surface area contributed by atoms with Crippen molar-refractivity contribution in [1.82, 2.24) is 0 Å². The molecule has 57 heavy (non-hydrogen) atoms. The topological polar surface area (TPSA) is 132 Å². The van der Waals surface area contributed by atoms with Gasteiger partial charge in [-0.2, -0.15) is 8.42 Å². The molecule has 3 aliphatic carbocycles. The molecular formula is C46H52O10S. The number of benzene rings is 2. The molecule has 6 aliphatic rings. The number of hydrogen-bond acceptors (Lipinski definition) is 10. The molecule has 2 fully saturated rings. The number of esters is 1. The minimum absolute atomic E-state index is 0.0616. The van der Waals surface area contributed by atoms with Crippen LogP contribution in [0.1, 0.15) is 108 Å². The number of rotatable bonds is 11. The first kappa shape index (κ1) is 40.5. The molecule has 5 unspecified atom stereocenters. The summed E-state index contributed by atoms with van der Waals surface area (Å²) in [6.07, 6.45) is 13.0. The van der Waals surface area contributed by atoms with E-state index in [4.69, 9.17) is 23.1 Å². The summed E-state index contributed by atoms with van der Waals surface area (Å²) < 4.78 is 60.6. The fourth-order valence-corrected chi connectivity index (χ4v) is 10.2. The highest BCUT2D eigenvalue weighted by Crippen LogP contribution is 2.69. The van der Waals surface area contributed by atoms with Crippen LogP contribution in [-0.4, -0.2) is 55.5 Å². The van der Waals surface area contributed by atoms with Crippen molar-refractivity contribution in [2.45, 2.75) is 122 Å². The van der Waals surface area contributed by atoms with Gasteiger partial charge in [0.1, 0.15) is 27.6 Å². The predicted molar refractivity (Wildman–Crippen MR) is 216 cm³/mol. The monoisotopic (exact) mass is 796 g/mol. The van der Waals surface area contributed by atoms with E-state index in [-0.39, 0.29) is 51.7 Å². The highest BCUT2D eigenvalue weighted by molar-refractivity contribution is 7.87. The molecule has 10 nitrogen and oxygen atoms in total. The highest BCUT2D eigenvalue weighted by Gasteiger charge is 2.81. The van der Waals surface area contributed by atoms with E-state index in [1.165, 1.54) is 24.8 Å². The van der Waals surface area contributed by atoms with Crippen molar-refractivity contribution in [1.29, 1.82) is 0 Å². The number of carbonyl (C=O) groups is 3. The number of fused-ring (bicyclic) bond motifs is 2. The van der Waals surface area contributed by atoms with E-state index in [0.717, 1.165) is 17.6 Å². The average molecular weight is 797 g/mol. The van der Waals surface area contributed by atoms with E-state index in [1.54, 1.807) is 37.3 Å². The first-order valence-corrected chi connectivity index (χ1v) is 21.0. The maximum absolute atomic E-state index is 15.5. The normalized spacial score (nSPS) is 27.6. The Hall–Kier alpha value is -4.74. The van der Waals surface area contributed by atoms with Crippen molar-refractivity contribution >= 4 is 33.7 Å². The zero-order valence-electron chi connectivity index (χ0n) is 34.5. The SMILES string of the molecule is COC(=O)/C(C)=C\CC12OC(C)(C)C3CC(C=C4C(=O)c5c(OS(=O)(=O)c6ccc(C)cc6)c6c(c(CC=C(C)C)c5OC431)OC(C)(CCC=C(C)C)C=C6)C2=O. The van der Waals surface area contributed by atoms with Crippen molar-refractivity contribution in [3.05, 3.63) is 99.2 Å². The second kappa shape index (κ2) is 14.0. The molecule has 2 aromatic carbocycles. The van der Waals surface area contributed by atoms with Crippen LogP contribution in [0, 0.1) is 18.8 Å². The standard InChI is InChI=1S/C46H52O10S/c1-26(2)12-11-21-44(9)22-20-33-38(53-44)32(18-13-27(3)4)39-36(40(33)55-57(50,51)31-16-14-28(5)15-17-31)37(47)34-24-30-25-35-43(7,8)56-45(41(30)48,46(34,35)54-39)23-19-29(6)42(49)52-10/h12-17,19-20,22,24,30,35H,11,18,21,23,25H2,1-10H3/b29-19-. The van der Waals surface area contributed by atoms with Crippen LogP contribution in [0.15, 0.2) is 81.8 Å². The smallest absolute Gasteiger partial charge is 0.339 e. The largest absolute Gasteiger partial charge is 0.482 e. The highest BCUT2D eigenvalue weighted by atomic mass is 32.2. The third-order valence-corrected chi connectivity index (χ3v) is 13.4. The van der Waals surface area contributed by atoms with E-state index >= 15 is 4.79 Å². The summed E-state index contributed by atoms with van der Waals surface area (Å²) in [6, 6.07) is 6.28. The van der Waals surface area contributed by atoms with Gasteiger partial charge < -0.3 is 23.1 Å². The molecule has 2 aromatic rings. The maximum Gasteiger partial charge on any atom is 0.339 e. The summed E-state index contributed by atoms with van der Waals surface area (Å²) in [4.78, 5) is 42.7. The lowest BCUT2D eigenvalue weighted by atomic mass is 9.51. The van der Waals surface area contributed by atoms with E-state index in [1.807, 2.05) is 67.5 Å². The van der Waals surface area contributed by atoms with Crippen molar-refractivity contribution < 1.29 is 45.9 Å². The van der Waals surface area contributed by atoms with Crippen LogP contribution in [0.5, 0.6) is 17.2 Å². The molecular weight excluding hydrogens is 745 g/mol. The molecule has 4 bridgehead atoms. The van der Waals surface area contributed by atoms with Crippen molar-refractivity contribution in [2.24, 2.45) is 11.8 Å². The summed E-state index contributed by atoms with van der Waals surface area (Å²) >= 11 is 0. The van der Waals surface area contributed by atoms with Crippen LogP contribution in [0.3, 0.4) is 0 Å². The van der Waals surface area contributed by atoms with Gasteiger partial charge in [-0.3, -0.25) is 9.59 Å². The van der Waals surface area contributed by atoms with Crippen molar-refractivity contribution in [2.75, 3.05) is 7.11 Å². The second-order valence-electron chi connectivity index (χ2n) is 17.3. The van der Waals surface area contributed by atoms with Crippen LogP contribution in [0.2, 0.25) is 0 Å². The van der Waals surface area contributed by atoms with Crippen LogP contribution in [-0.2, 0) is 35.6 Å². The molecule has 0 N–H and O–H groups in total. The summed E-state index contributed by atoms with van der Waals surface area (Å²) in [7, 11) is -3.21. The minimum atomic E-state index is -4.50. The van der Waals surface area contributed by atoms with Crippen LogP contribution in [0.25, 0.3) is 6.08 Å². The first-order chi connectivity index (χ1) is 26.7. The second-order valence-corrected chi connectivity index (χ2v) is 18.8. The lowest BCUT2D eigenvalue weighted by Crippen LogP contribution is -2.72. The van der Waals surface area contributed by atoms with Gasteiger partial charge in [0.05, 0.1) is 18.3 Å². The van der Waals surface area contributed by atoms with Gasteiger partial charge in [-0.15, -0.1) is 0 Å². The molecule has 1 saturated heterocycles. The molecule has 0 radical (unpaired) electrons. The zero-order chi connectivity index (χ0) is 41.5. The number of carbonyl (C=O) groups excluding carboxylic acids is 3. The Morgan fingerprint density at radius 3 is 2.28 bits per heavy atom. The van der Waals surface area contributed by atoms with E-state index in [9.17, 15) is 18.0 Å². The van der Waals surface area contributed by atoms with Gasteiger partial charge in [0.25, 0.3) is 0 Å². The Balaban J connectivity index is 1.52. The Morgan fingerprint density at radius 1 is 0.947 bits per heavy atom. The molecule has 1 saturated carbocycles. The Morgan fingerprint density at radius 2 is 1.63 bits per heavy atom. The van der Waals surface area contributed by atoms with E-state index in [0.29, 0.717) is 29.7 Å². The molecule has 5 atom stereocenters. The molecule has 0 aromatic heterocycles. The van der Waals surface area contributed by atoms with Crippen molar-refractivity contribution in [3.63, 3.8) is 0 Å². The number of Topliss-reactive ketones (excluding diaryl/α,β-unsaturated/α-hetero) is 2. The van der Waals surface area contributed by atoms with Gasteiger partial charge in [-0.25, -0.2) is 4.79 Å². The summed E-state index contributed by atoms with van der Waals surface area (Å²) in [5, 5.41) is 0. The third-order valence-electron chi connectivity index (χ3n) is 12.1. The molecule has 302 valence electrons. The number of ether oxygens (including phenoxy) is 4. The fourth-order valence-electron chi connectivity index (χ4n) is 9.26. The lowest BCUT2D eigenvalue weighted by Gasteiger charge is -2.56. The minimum Gasteiger partial charge on any atom is -0.482 e. The van der Waals surface area contributed by atoms with Crippen LogP contribution in [0.4, 0.5) is 0 Å². The van der Waals surface area contributed by atoms with Gasteiger partial charge in [0, 0.05) is 35.0 Å². The number of aryl methyl sites for hydroxylation is 1. The molecule has 3 aliphatic heterocycles. The number of ketones is 2. The number of hydrogen-bond donors (Lipinski definition) is 0. The Labute approximate surface area is 335 Å². The van der Waals surface area contributed by atoms with Crippen LogP contribution < -0.4 is 13.7 Å². The fraction of sp³-hybridized carbons (Fsp3) is 0.457. The summed E-state index contributed by atoms with van der Waals surface area (Å²) in [6.45, 7) is 17.2. The van der Waals surface area contributed by atoms with E-state index < -0.39 is 56.1 Å². The number of methoxy groups -OCH3 is 1. The van der Waals surface area contributed by atoms with E-state index in [2.05, 4.69) is 6.08 Å². The Kier molecular flexibility index (Phi) is 9.92. The summed E-state index contributed by atoms with van der Waals surface area (Å²) in [5.74, 6) is -2.26. The van der Waals surface area contributed by atoms with Gasteiger partial charge in [0.15, 0.2) is 28.5 Å². The molecule has 1 spiro atoms. The number of allylic oxidation sites excluding steroid dienone is 5. The van der Waals surface area contributed by atoms with Crippen molar-refractivity contribution in [3.8, 4) is 17.2 Å². The predicted octanol–water partition coefficient (Wildman–Crippen LogP) is 8.70. The first-order valence-electron chi connectivity index (χ1n) is 19.5. The molecule has 0 amide bonds. The lowest BCUT2D eigenvalue weighted by molar-refractivity contribution is -0.171. The third kappa shape index (κ3) is 6.41. The molecule has 11 heteroatoms. The average Bonchev–Trinajstić information content (AvgIpc) is 3.29. The maximum atomic E-state index is 15.5. The van der Waals surface area contributed by atoms with Gasteiger partial charge >= 0.3 is 16.1 Å². The van der Waals surface area contributed by atoms with Crippen LogP contribution >= 0.6 is 0 Å². The van der Waals surface area contributed by atoms with Gasteiger partial charge in [-0.05, 0) is 112 Å². The molecule has 3 heterocycles. The zero-order valence-corrected chi connectivity index (χ0v) is 35.3. The summed E-state index contributed by atoms with van der Waals surface area (Å²) in [5.41, 5.74) is -0.802. The van der Waals surface area contributed by atoms with Gasteiger partial charge in [0.2, 0.25) is 0 Å².